The highest BCUT2D eigenvalue weighted by molar-refractivity contribution is 5.87. The largest absolute Gasteiger partial charge is 0.478 e. The highest BCUT2D eigenvalue weighted by Crippen LogP contribution is 2.53. The Morgan fingerprint density at radius 3 is 2.33 bits per heavy atom. The number of carbonyl (C=O) groups is 1. The molecular weight excluding hydrogens is 266 g/mol. The van der Waals surface area contributed by atoms with Gasteiger partial charge in [0.2, 0.25) is 0 Å². The van der Waals surface area contributed by atoms with E-state index in [1.54, 1.807) is 19.2 Å². The second-order valence-electron chi connectivity index (χ2n) is 6.79. The van der Waals surface area contributed by atoms with E-state index in [1.165, 1.54) is 0 Å². The van der Waals surface area contributed by atoms with Gasteiger partial charge in [0, 0.05) is 25.1 Å². The minimum Gasteiger partial charge on any atom is -0.478 e. The molecule has 0 bridgehead atoms. The van der Waals surface area contributed by atoms with Crippen molar-refractivity contribution in [3.05, 3.63) is 35.4 Å². The summed E-state index contributed by atoms with van der Waals surface area (Å²) in [4.78, 5) is 13.2. The summed E-state index contributed by atoms with van der Waals surface area (Å²) in [5.41, 5.74) is 1.48. The molecule has 1 aromatic rings. The number of carboxylic acids is 1. The molecule has 0 aromatic heterocycles. The summed E-state index contributed by atoms with van der Waals surface area (Å²) in [6, 6.07) is 7.57. The zero-order chi connectivity index (χ0) is 15.8. The smallest absolute Gasteiger partial charge is 0.335 e. The van der Waals surface area contributed by atoms with E-state index in [1.807, 2.05) is 12.1 Å². The number of nitrogens with zero attached hydrogens (tertiary/aromatic N) is 1. The Labute approximate surface area is 126 Å². The first-order valence-electron chi connectivity index (χ1n) is 7.29. The molecule has 1 aliphatic rings. The Bertz CT molecular complexity index is 523. The lowest BCUT2D eigenvalue weighted by Gasteiger charge is -2.61. The maximum atomic E-state index is 10.9. The second kappa shape index (κ2) is 5.43. The van der Waals surface area contributed by atoms with Crippen LogP contribution in [0.2, 0.25) is 0 Å². The number of benzene rings is 1. The van der Waals surface area contributed by atoms with Crippen molar-refractivity contribution in [2.45, 2.75) is 45.4 Å². The molecule has 2 rings (SSSR count). The van der Waals surface area contributed by atoms with Gasteiger partial charge in [0.25, 0.3) is 0 Å². The molecule has 1 saturated carbocycles. The number of hydrogen-bond donors (Lipinski definition) is 1. The van der Waals surface area contributed by atoms with Crippen LogP contribution in [-0.2, 0) is 11.3 Å². The van der Waals surface area contributed by atoms with E-state index in [0.717, 1.165) is 18.5 Å². The lowest BCUT2D eigenvalue weighted by molar-refractivity contribution is -0.207. The highest BCUT2D eigenvalue weighted by atomic mass is 16.5. The highest BCUT2D eigenvalue weighted by Gasteiger charge is 2.58. The third kappa shape index (κ3) is 2.70. The maximum Gasteiger partial charge on any atom is 0.335 e. The summed E-state index contributed by atoms with van der Waals surface area (Å²) in [5.74, 6) is -0.883. The molecule has 0 amide bonds. The molecule has 4 nitrogen and oxygen atoms in total. The van der Waals surface area contributed by atoms with Gasteiger partial charge in [0.05, 0.1) is 11.2 Å². The van der Waals surface area contributed by atoms with E-state index < -0.39 is 5.97 Å². The van der Waals surface area contributed by atoms with E-state index in [-0.39, 0.29) is 11.0 Å². The standard InChI is InChI=1S/C17H25NO3/c1-16(2)14(10-17(16,3)21-5)18(4)11-12-6-8-13(9-7-12)15(19)20/h6-9,14H,10-11H2,1-5H3,(H,19,20). The fourth-order valence-corrected chi connectivity index (χ4v) is 3.31. The molecule has 2 unspecified atom stereocenters. The van der Waals surface area contributed by atoms with Crippen LogP contribution in [0.1, 0.15) is 43.1 Å². The molecule has 2 atom stereocenters. The van der Waals surface area contributed by atoms with Crippen molar-refractivity contribution in [1.29, 1.82) is 0 Å². The fraction of sp³-hybridized carbons (Fsp3) is 0.588. The van der Waals surface area contributed by atoms with Crippen LogP contribution in [0.15, 0.2) is 24.3 Å². The minimum absolute atomic E-state index is 0.0703. The van der Waals surface area contributed by atoms with Crippen LogP contribution in [0, 0.1) is 5.41 Å². The topological polar surface area (TPSA) is 49.8 Å². The van der Waals surface area contributed by atoms with Crippen LogP contribution < -0.4 is 0 Å². The predicted octanol–water partition coefficient (Wildman–Crippen LogP) is 3.02. The Balaban J connectivity index is 2.03. The van der Waals surface area contributed by atoms with E-state index in [9.17, 15) is 4.79 Å². The SMILES string of the molecule is COC1(C)CC(N(C)Cc2ccc(C(=O)O)cc2)C1(C)C. The van der Waals surface area contributed by atoms with E-state index in [2.05, 4.69) is 32.7 Å². The van der Waals surface area contributed by atoms with Crippen molar-refractivity contribution in [3.8, 4) is 0 Å². The molecular formula is C17H25NO3. The van der Waals surface area contributed by atoms with Gasteiger partial charge < -0.3 is 9.84 Å². The molecule has 1 N–H and O–H groups in total. The number of methoxy groups -OCH3 is 1. The van der Waals surface area contributed by atoms with Crippen LogP contribution in [0.4, 0.5) is 0 Å². The van der Waals surface area contributed by atoms with Gasteiger partial charge in [-0.05, 0) is 38.1 Å². The molecule has 1 aromatic carbocycles. The summed E-state index contributed by atoms with van der Waals surface area (Å²) in [6.45, 7) is 7.47. The van der Waals surface area contributed by atoms with Gasteiger partial charge in [-0.3, -0.25) is 4.90 Å². The first-order chi connectivity index (χ1) is 9.71. The Morgan fingerprint density at radius 1 is 1.33 bits per heavy atom. The molecule has 1 fully saturated rings. The first-order valence-corrected chi connectivity index (χ1v) is 7.29. The quantitative estimate of drug-likeness (QED) is 0.906. The second-order valence-corrected chi connectivity index (χ2v) is 6.79. The Hall–Kier alpha value is -1.39. The maximum absolute atomic E-state index is 10.9. The predicted molar refractivity (Wildman–Crippen MR) is 82.5 cm³/mol. The van der Waals surface area contributed by atoms with Crippen molar-refractivity contribution in [2.75, 3.05) is 14.2 Å². The summed E-state index contributed by atoms with van der Waals surface area (Å²) < 4.78 is 5.67. The van der Waals surface area contributed by atoms with Gasteiger partial charge in [0.15, 0.2) is 0 Å². The van der Waals surface area contributed by atoms with Gasteiger partial charge in [-0.25, -0.2) is 4.79 Å². The summed E-state index contributed by atoms with van der Waals surface area (Å²) in [6.07, 6.45) is 1.01. The van der Waals surface area contributed by atoms with Crippen LogP contribution in [0.5, 0.6) is 0 Å². The summed E-state index contributed by atoms with van der Waals surface area (Å²) >= 11 is 0. The number of rotatable bonds is 5. The molecule has 0 spiro atoms. The van der Waals surface area contributed by atoms with Crippen LogP contribution in [0.3, 0.4) is 0 Å². The molecule has 4 heteroatoms. The van der Waals surface area contributed by atoms with Crippen molar-refractivity contribution in [2.24, 2.45) is 5.41 Å². The number of carboxylic acid groups (broad SMARTS) is 1. The van der Waals surface area contributed by atoms with Crippen LogP contribution >= 0.6 is 0 Å². The molecule has 1 aliphatic carbocycles. The monoisotopic (exact) mass is 291 g/mol. The molecule has 0 radical (unpaired) electrons. The molecule has 0 saturated heterocycles. The lowest BCUT2D eigenvalue weighted by Crippen LogP contribution is -2.67. The lowest BCUT2D eigenvalue weighted by atomic mass is 9.55. The fourth-order valence-electron chi connectivity index (χ4n) is 3.31. The number of hydrogen-bond acceptors (Lipinski definition) is 3. The van der Waals surface area contributed by atoms with Crippen molar-refractivity contribution >= 4 is 5.97 Å². The molecule has 21 heavy (non-hydrogen) atoms. The van der Waals surface area contributed by atoms with Gasteiger partial charge >= 0.3 is 5.97 Å². The van der Waals surface area contributed by atoms with Gasteiger partial charge in [0.1, 0.15) is 0 Å². The number of aromatic carboxylic acids is 1. The zero-order valence-corrected chi connectivity index (χ0v) is 13.5. The first kappa shape index (κ1) is 16.0. The third-order valence-corrected chi connectivity index (χ3v) is 5.39. The van der Waals surface area contributed by atoms with Crippen molar-refractivity contribution in [3.63, 3.8) is 0 Å². The van der Waals surface area contributed by atoms with Gasteiger partial charge in [-0.15, -0.1) is 0 Å². The van der Waals surface area contributed by atoms with Crippen molar-refractivity contribution in [1.82, 2.24) is 4.90 Å². The van der Waals surface area contributed by atoms with Crippen LogP contribution in [-0.4, -0.2) is 41.8 Å². The summed E-state index contributed by atoms with van der Waals surface area (Å²) in [7, 11) is 3.90. The Morgan fingerprint density at radius 2 is 1.90 bits per heavy atom. The van der Waals surface area contributed by atoms with Crippen molar-refractivity contribution < 1.29 is 14.6 Å². The normalized spacial score (nSPS) is 27.4. The average molecular weight is 291 g/mol. The van der Waals surface area contributed by atoms with E-state index in [0.29, 0.717) is 11.6 Å². The molecule has 0 aliphatic heterocycles. The zero-order valence-electron chi connectivity index (χ0n) is 13.5. The van der Waals surface area contributed by atoms with Gasteiger partial charge in [-0.2, -0.15) is 0 Å². The van der Waals surface area contributed by atoms with Crippen LogP contribution in [0.25, 0.3) is 0 Å². The van der Waals surface area contributed by atoms with Gasteiger partial charge in [-0.1, -0.05) is 26.0 Å². The minimum atomic E-state index is -0.883. The molecule has 0 heterocycles. The summed E-state index contributed by atoms with van der Waals surface area (Å²) in [5, 5.41) is 8.92. The Kier molecular flexibility index (Phi) is 4.13. The average Bonchev–Trinajstić information content (AvgIpc) is 2.44. The third-order valence-electron chi connectivity index (χ3n) is 5.39. The van der Waals surface area contributed by atoms with E-state index in [4.69, 9.17) is 9.84 Å². The van der Waals surface area contributed by atoms with E-state index >= 15 is 0 Å². The molecule has 116 valence electrons. The number of ether oxygens (including phenoxy) is 1.